The van der Waals surface area contributed by atoms with Crippen molar-refractivity contribution in [2.75, 3.05) is 68.5 Å². The summed E-state index contributed by atoms with van der Waals surface area (Å²) in [7, 11) is -4.38. The molecule has 3 aliphatic heterocycles. The summed E-state index contributed by atoms with van der Waals surface area (Å²) in [5, 5.41) is 19.8. The predicted octanol–water partition coefficient (Wildman–Crippen LogP) is 6.94. The first kappa shape index (κ1) is 55.8. The highest BCUT2D eigenvalue weighted by Gasteiger charge is 2.45. The number of aliphatic hydroxyl groups is 1. The van der Waals surface area contributed by atoms with E-state index in [1.807, 2.05) is 87.9 Å². The van der Waals surface area contributed by atoms with Crippen LogP contribution in [-0.2, 0) is 19.8 Å². The fourth-order valence-corrected chi connectivity index (χ4v) is 12.3. The zero-order valence-electron chi connectivity index (χ0n) is 44.0. The topological polar surface area (TPSA) is 225 Å². The van der Waals surface area contributed by atoms with Gasteiger partial charge < -0.3 is 35.8 Å². The average Bonchev–Trinajstić information content (AvgIpc) is 4.31. The number of H-pyrrole nitrogens is 1. The van der Waals surface area contributed by atoms with Gasteiger partial charge >= 0.3 is 16.2 Å². The summed E-state index contributed by atoms with van der Waals surface area (Å²) in [5.41, 5.74) is 5.00. The third-order valence-electron chi connectivity index (χ3n) is 14.7. The van der Waals surface area contributed by atoms with Crippen molar-refractivity contribution in [2.24, 2.45) is 5.41 Å². The molecule has 0 aliphatic carbocycles. The normalized spacial score (nSPS) is 19.2. The number of carbonyl (C=O) groups excluding carboxylic acids is 4. The number of aromatic nitrogens is 3. The zero-order chi connectivity index (χ0) is 55.6. The van der Waals surface area contributed by atoms with Gasteiger partial charge in [-0.15, -0.1) is 11.3 Å². The van der Waals surface area contributed by atoms with Crippen LogP contribution in [0.1, 0.15) is 80.2 Å². The number of pyridine rings is 1. The fourth-order valence-electron chi connectivity index (χ4n) is 10.2. The first-order chi connectivity index (χ1) is 37.1. The molecule has 0 unspecified atom stereocenters. The molecule has 4 amide bonds. The molecule has 0 saturated carbocycles. The molecule has 5 atom stereocenters. The number of rotatable bonds is 17. The number of nitrogens with zero attached hydrogens (tertiary/aromatic N) is 6. The smallest absolute Gasteiger partial charge is 0.315 e. The van der Waals surface area contributed by atoms with Crippen molar-refractivity contribution in [1.29, 1.82) is 0 Å². The van der Waals surface area contributed by atoms with E-state index >= 15 is 8.78 Å². The maximum atomic E-state index is 15.8. The van der Waals surface area contributed by atoms with Gasteiger partial charge in [0, 0.05) is 93.4 Å². The molecule has 0 bridgehead atoms. The molecule has 3 aromatic heterocycles. The van der Waals surface area contributed by atoms with E-state index in [9.17, 15) is 37.1 Å². The molecule has 0 spiro atoms. The number of aryl methyl sites for hydroxylation is 1. The lowest BCUT2D eigenvalue weighted by molar-refractivity contribution is -0.142. The standard InChI is InChI=1S/C55H64F3N11O7S2/c1-32(34-7-9-36(10-8-34)49-33(2)62-31-77-49)63-52(72)45-26-40(70)30-69(45)53(73)50(55(3,4)5)64-54(74)59-18-6-19-66-21-23-67(24-22-66)39-13-11-35(12-14-39)37-25-41-42(28-61-51(41)60-27-37)48(71)46-43(57)15-16-44(47(46)58)65-78(75,76)68-20-17-38(56)29-68/h7-16,25,27-28,31-32,38,40,45,50,65,70H,6,17-24,26,29-30H2,1-5H3,(H,60,61)(H,63,72)(H2,59,64,74)/t32-,38+,40+,45-,50+/m0/s1. The molecule has 3 fully saturated rings. The Balaban J connectivity index is 0.739. The number of piperazine rings is 1. The first-order valence-electron chi connectivity index (χ1n) is 26.0. The van der Waals surface area contributed by atoms with Crippen molar-refractivity contribution in [3.05, 3.63) is 119 Å². The summed E-state index contributed by atoms with van der Waals surface area (Å²) in [6.45, 7) is 13.0. The van der Waals surface area contributed by atoms with Crippen LogP contribution in [-0.4, -0.2) is 149 Å². The summed E-state index contributed by atoms with van der Waals surface area (Å²) >= 11 is 1.56. The van der Waals surface area contributed by atoms with Crippen LogP contribution in [0.4, 0.5) is 29.3 Å². The van der Waals surface area contributed by atoms with Gasteiger partial charge in [0.1, 0.15) is 29.7 Å². The average molecular weight is 1110 g/mol. The van der Waals surface area contributed by atoms with E-state index in [-0.39, 0.29) is 43.4 Å². The minimum absolute atomic E-state index is 0.0102. The van der Waals surface area contributed by atoms with Crippen molar-refractivity contribution in [3.63, 3.8) is 0 Å². The van der Waals surface area contributed by atoms with Crippen molar-refractivity contribution in [2.45, 2.75) is 84.3 Å². The Morgan fingerprint density at radius 3 is 2.29 bits per heavy atom. The number of hydrogen-bond acceptors (Lipinski definition) is 12. The molecular weight excluding hydrogens is 1050 g/mol. The summed E-state index contributed by atoms with van der Waals surface area (Å²) in [6, 6.07) is 16.3. The maximum absolute atomic E-state index is 15.8. The highest BCUT2D eigenvalue weighted by Crippen LogP contribution is 2.33. The number of thiazole rings is 1. The van der Waals surface area contributed by atoms with E-state index in [2.05, 4.69) is 40.7 Å². The van der Waals surface area contributed by atoms with Gasteiger partial charge in [-0.05, 0) is 85.7 Å². The minimum Gasteiger partial charge on any atom is -0.391 e. The fraction of sp³-hybridized carbons (Fsp3) is 0.418. The Labute approximate surface area is 455 Å². The highest BCUT2D eigenvalue weighted by molar-refractivity contribution is 7.90. The number of amides is 4. The number of alkyl halides is 1. The predicted molar refractivity (Wildman–Crippen MR) is 293 cm³/mol. The third-order valence-corrected chi connectivity index (χ3v) is 17.1. The summed E-state index contributed by atoms with van der Waals surface area (Å²) in [6.07, 6.45) is 1.38. The van der Waals surface area contributed by atoms with Crippen molar-refractivity contribution >= 4 is 67.6 Å². The first-order valence-corrected chi connectivity index (χ1v) is 28.3. The number of aromatic amines is 1. The largest absolute Gasteiger partial charge is 0.391 e. The number of fused-ring (bicyclic) bond motifs is 1. The van der Waals surface area contributed by atoms with Crippen LogP contribution in [0, 0.1) is 24.0 Å². The lowest BCUT2D eigenvalue weighted by atomic mass is 9.85. The van der Waals surface area contributed by atoms with Gasteiger partial charge in [0.05, 0.1) is 39.5 Å². The van der Waals surface area contributed by atoms with Gasteiger partial charge in [-0.3, -0.25) is 24.0 Å². The highest BCUT2D eigenvalue weighted by atomic mass is 32.2. The van der Waals surface area contributed by atoms with Crippen molar-refractivity contribution in [3.8, 4) is 21.6 Å². The van der Waals surface area contributed by atoms with Gasteiger partial charge in [-0.1, -0.05) is 57.2 Å². The number of likely N-dealkylation sites (tertiary alicyclic amines) is 1. The van der Waals surface area contributed by atoms with E-state index < -0.39 is 87.1 Å². The van der Waals surface area contributed by atoms with Crippen LogP contribution in [0.3, 0.4) is 0 Å². The van der Waals surface area contributed by atoms with Crippen LogP contribution in [0.5, 0.6) is 0 Å². The van der Waals surface area contributed by atoms with E-state index in [4.69, 9.17) is 0 Å². The van der Waals surface area contributed by atoms with Gasteiger partial charge in [0.15, 0.2) is 5.82 Å². The SMILES string of the molecule is Cc1ncsc1-c1ccc([C@H](C)NC(=O)[C@@H]2C[C@@H](O)CN2C(=O)[C@@H](NC(=O)NCCCN2CCN(c3ccc(-c4cnc5[nH]cc(C(=O)c6c(F)ccc(NS(=O)(=O)N7CC[C@@H](F)C7)c6F)c5c4)cc3)CC2)C(C)(C)C)cc1. The molecule has 3 aromatic carbocycles. The number of carbonyl (C=O) groups is 4. The second kappa shape index (κ2) is 23.2. The lowest BCUT2D eigenvalue weighted by Crippen LogP contribution is -2.59. The Morgan fingerprint density at radius 2 is 1.63 bits per heavy atom. The van der Waals surface area contributed by atoms with Crippen LogP contribution >= 0.6 is 11.3 Å². The molecule has 18 nitrogen and oxygen atoms in total. The number of urea groups is 1. The van der Waals surface area contributed by atoms with E-state index in [0.717, 1.165) is 82.1 Å². The monoisotopic (exact) mass is 1110 g/mol. The molecule has 414 valence electrons. The summed E-state index contributed by atoms with van der Waals surface area (Å²) in [4.78, 5) is 73.7. The lowest BCUT2D eigenvalue weighted by Gasteiger charge is -2.36. The molecule has 9 rings (SSSR count). The quantitative estimate of drug-likeness (QED) is 0.0406. The second-order valence-electron chi connectivity index (χ2n) is 21.2. The number of benzene rings is 3. The molecule has 3 aliphatic rings. The maximum Gasteiger partial charge on any atom is 0.315 e. The van der Waals surface area contributed by atoms with Crippen molar-refractivity contribution < 1.29 is 45.9 Å². The van der Waals surface area contributed by atoms with Crippen LogP contribution in [0.25, 0.3) is 32.6 Å². The summed E-state index contributed by atoms with van der Waals surface area (Å²) in [5.74, 6) is -4.44. The van der Waals surface area contributed by atoms with Crippen molar-refractivity contribution in [1.82, 2.24) is 45.0 Å². The van der Waals surface area contributed by atoms with E-state index in [0.29, 0.717) is 29.6 Å². The Hall–Kier alpha value is -6.92. The van der Waals surface area contributed by atoms with Crippen LogP contribution < -0.4 is 25.6 Å². The Bertz CT molecular complexity index is 3290. The van der Waals surface area contributed by atoms with Crippen LogP contribution in [0.2, 0.25) is 0 Å². The molecule has 0 radical (unpaired) electrons. The Morgan fingerprint density at radius 1 is 0.910 bits per heavy atom. The van der Waals surface area contributed by atoms with Gasteiger partial charge in [0.2, 0.25) is 17.6 Å². The number of aliphatic hydroxyl groups excluding tert-OH is 1. The number of anilines is 2. The number of hydrogen-bond donors (Lipinski definition) is 6. The third kappa shape index (κ3) is 12.3. The van der Waals surface area contributed by atoms with Gasteiger partial charge in [0.25, 0.3) is 0 Å². The molecule has 6 aromatic rings. The van der Waals surface area contributed by atoms with Gasteiger partial charge in [-0.2, -0.15) is 12.7 Å². The number of halogens is 3. The van der Waals surface area contributed by atoms with E-state index in [1.54, 1.807) is 29.1 Å². The summed E-state index contributed by atoms with van der Waals surface area (Å²) < 4.78 is 73.3. The molecule has 78 heavy (non-hydrogen) atoms. The number of nitrogens with one attached hydrogen (secondary N) is 5. The molecule has 6 N–H and O–H groups in total. The second-order valence-corrected chi connectivity index (χ2v) is 23.8. The molecule has 6 heterocycles. The number of β-amino-alcohol motifs (C(OH)–C–C–N with tert-alkyl or cyclic N) is 1. The Kier molecular flexibility index (Phi) is 16.6. The molecule has 3 saturated heterocycles. The zero-order valence-corrected chi connectivity index (χ0v) is 45.6. The molecule has 23 heteroatoms. The van der Waals surface area contributed by atoms with Crippen LogP contribution in [0.15, 0.2) is 84.6 Å². The number of ketones is 1. The van der Waals surface area contributed by atoms with Gasteiger partial charge in [-0.25, -0.2) is 27.9 Å². The minimum atomic E-state index is -4.38. The van der Waals surface area contributed by atoms with E-state index in [1.165, 1.54) is 11.1 Å². The molecular formula is C55H64F3N11O7S2.